The van der Waals surface area contributed by atoms with Crippen LogP contribution in [0, 0.1) is 5.92 Å². The molecule has 1 aliphatic rings. The van der Waals surface area contributed by atoms with Gasteiger partial charge < -0.3 is 14.6 Å². The van der Waals surface area contributed by atoms with Gasteiger partial charge in [0.05, 0.1) is 19.1 Å². The van der Waals surface area contributed by atoms with E-state index < -0.39 is 5.97 Å². The Kier molecular flexibility index (Phi) is 4.90. The van der Waals surface area contributed by atoms with Gasteiger partial charge in [-0.2, -0.15) is 0 Å². The number of rotatable bonds is 6. The lowest BCUT2D eigenvalue weighted by Crippen LogP contribution is -2.17. The molecular weight excluding hydrogens is 184 g/mol. The minimum absolute atomic E-state index is 0.172. The van der Waals surface area contributed by atoms with Crippen molar-refractivity contribution in [3.05, 3.63) is 0 Å². The van der Waals surface area contributed by atoms with Crippen molar-refractivity contribution < 1.29 is 19.4 Å². The molecular formula is C10H18O4. The van der Waals surface area contributed by atoms with Crippen molar-refractivity contribution in [2.24, 2.45) is 5.92 Å². The summed E-state index contributed by atoms with van der Waals surface area (Å²) in [5, 5.41) is 8.90. The maximum atomic E-state index is 10.8. The summed E-state index contributed by atoms with van der Waals surface area (Å²) >= 11 is 0. The first-order valence-electron chi connectivity index (χ1n) is 5.20. The van der Waals surface area contributed by atoms with Crippen molar-refractivity contribution in [1.29, 1.82) is 0 Å². The largest absolute Gasteiger partial charge is 0.481 e. The second-order valence-electron chi connectivity index (χ2n) is 3.57. The molecule has 1 N–H and O–H groups in total. The molecule has 1 rings (SSSR count). The van der Waals surface area contributed by atoms with Crippen LogP contribution >= 0.6 is 0 Å². The summed E-state index contributed by atoms with van der Waals surface area (Å²) in [5.74, 6) is -0.947. The Morgan fingerprint density at radius 1 is 1.43 bits per heavy atom. The van der Waals surface area contributed by atoms with Crippen LogP contribution in [-0.2, 0) is 14.3 Å². The minimum Gasteiger partial charge on any atom is -0.481 e. The Bertz CT molecular complexity index is 175. The molecule has 0 aromatic carbocycles. The highest BCUT2D eigenvalue weighted by Crippen LogP contribution is 2.18. The molecule has 0 aliphatic carbocycles. The molecule has 14 heavy (non-hydrogen) atoms. The summed E-state index contributed by atoms with van der Waals surface area (Å²) in [6, 6.07) is 0. The summed E-state index contributed by atoms with van der Waals surface area (Å²) in [4.78, 5) is 10.8. The van der Waals surface area contributed by atoms with E-state index in [0.29, 0.717) is 26.1 Å². The molecule has 0 bridgehead atoms. The zero-order valence-electron chi connectivity index (χ0n) is 8.57. The van der Waals surface area contributed by atoms with Gasteiger partial charge in [0.1, 0.15) is 0 Å². The van der Waals surface area contributed by atoms with Gasteiger partial charge in [0, 0.05) is 0 Å². The quantitative estimate of drug-likeness (QED) is 0.711. The molecule has 1 unspecified atom stereocenters. The van der Waals surface area contributed by atoms with E-state index in [-0.39, 0.29) is 12.2 Å². The SMILES string of the molecule is CCCC(CCC1OCCO1)C(=O)O. The van der Waals surface area contributed by atoms with Crippen LogP contribution in [0.4, 0.5) is 0 Å². The van der Waals surface area contributed by atoms with Gasteiger partial charge in [0.2, 0.25) is 0 Å². The van der Waals surface area contributed by atoms with Crippen LogP contribution in [0.15, 0.2) is 0 Å². The first kappa shape index (κ1) is 11.5. The molecule has 1 heterocycles. The summed E-state index contributed by atoms with van der Waals surface area (Å²) in [6.45, 7) is 3.27. The van der Waals surface area contributed by atoms with Crippen LogP contribution in [0.2, 0.25) is 0 Å². The predicted octanol–water partition coefficient (Wildman–Crippen LogP) is 1.64. The lowest BCUT2D eigenvalue weighted by atomic mass is 9.98. The van der Waals surface area contributed by atoms with Gasteiger partial charge in [0.25, 0.3) is 0 Å². The van der Waals surface area contributed by atoms with Crippen LogP contribution in [-0.4, -0.2) is 30.6 Å². The standard InChI is InChI=1S/C10H18O4/c1-2-3-8(10(11)12)4-5-9-13-6-7-14-9/h8-9H,2-7H2,1H3,(H,11,12). The van der Waals surface area contributed by atoms with Crippen LogP contribution in [0.5, 0.6) is 0 Å². The predicted molar refractivity (Wildman–Crippen MR) is 51.0 cm³/mol. The molecule has 0 amide bonds. The molecule has 1 saturated heterocycles. The van der Waals surface area contributed by atoms with Crippen LogP contribution in [0.25, 0.3) is 0 Å². The van der Waals surface area contributed by atoms with Gasteiger partial charge in [-0.05, 0) is 19.3 Å². The topological polar surface area (TPSA) is 55.8 Å². The van der Waals surface area contributed by atoms with E-state index >= 15 is 0 Å². The number of hydrogen-bond donors (Lipinski definition) is 1. The number of carbonyl (C=O) groups is 1. The third kappa shape index (κ3) is 3.64. The Labute approximate surface area is 84.2 Å². The van der Waals surface area contributed by atoms with Gasteiger partial charge in [0.15, 0.2) is 6.29 Å². The lowest BCUT2D eigenvalue weighted by Gasteiger charge is -2.13. The normalized spacial score (nSPS) is 19.8. The summed E-state index contributed by atoms with van der Waals surface area (Å²) < 4.78 is 10.5. The average Bonchev–Trinajstić information content (AvgIpc) is 2.64. The van der Waals surface area contributed by atoms with Crippen molar-refractivity contribution in [2.75, 3.05) is 13.2 Å². The van der Waals surface area contributed by atoms with Gasteiger partial charge in [-0.15, -0.1) is 0 Å². The third-order valence-electron chi connectivity index (χ3n) is 2.43. The molecule has 4 heteroatoms. The molecule has 1 fully saturated rings. The molecule has 1 atom stereocenters. The number of aliphatic carboxylic acids is 1. The fourth-order valence-corrected chi connectivity index (χ4v) is 1.65. The molecule has 4 nitrogen and oxygen atoms in total. The summed E-state index contributed by atoms with van der Waals surface area (Å²) in [5.41, 5.74) is 0. The zero-order valence-corrected chi connectivity index (χ0v) is 8.57. The van der Waals surface area contributed by atoms with Crippen molar-refractivity contribution in [3.63, 3.8) is 0 Å². The first-order valence-corrected chi connectivity index (χ1v) is 5.20. The van der Waals surface area contributed by atoms with Gasteiger partial charge in [-0.3, -0.25) is 4.79 Å². The number of ether oxygens (including phenoxy) is 2. The van der Waals surface area contributed by atoms with E-state index in [0.717, 1.165) is 12.8 Å². The number of carboxylic acids is 1. The summed E-state index contributed by atoms with van der Waals surface area (Å²) in [6.07, 6.45) is 2.81. The third-order valence-corrected chi connectivity index (χ3v) is 2.43. The van der Waals surface area contributed by atoms with Crippen molar-refractivity contribution in [1.82, 2.24) is 0 Å². The molecule has 0 aromatic heterocycles. The fraction of sp³-hybridized carbons (Fsp3) is 0.900. The van der Waals surface area contributed by atoms with Gasteiger partial charge in [-0.1, -0.05) is 13.3 Å². The van der Waals surface area contributed by atoms with Gasteiger partial charge in [-0.25, -0.2) is 0 Å². The molecule has 0 saturated carbocycles. The second-order valence-corrected chi connectivity index (χ2v) is 3.57. The van der Waals surface area contributed by atoms with E-state index in [1.165, 1.54) is 0 Å². The maximum absolute atomic E-state index is 10.8. The van der Waals surface area contributed by atoms with Crippen molar-refractivity contribution in [3.8, 4) is 0 Å². The second kappa shape index (κ2) is 5.98. The molecule has 0 spiro atoms. The highest BCUT2D eigenvalue weighted by atomic mass is 16.7. The average molecular weight is 202 g/mol. The van der Waals surface area contributed by atoms with Crippen molar-refractivity contribution in [2.45, 2.75) is 38.9 Å². The monoisotopic (exact) mass is 202 g/mol. The highest BCUT2D eigenvalue weighted by molar-refractivity contribution is 5.69. The van der Waals surface area contributed by atoms with Crippen molar-refractivity contribution >= 4 is 5.97 Å². The Morgan fingerprint density at radius 2 is 2.07 bits per heavy atom. The number of hydrogen-bond acceptors (Lipinski definition) is 3. The van der Waals surface area contributed by atoms with Crippen LogP contribution < -0.4 is 0 Å². The van der Waals surface area contributed by atoms with E-state index in [2.05, 4.69) is 0 Å². The van der Waals surface area contributed by atoms with Gasteiger partial charge >= 0.3 is 5.97 Å². The highest BCUT2D eigenvalue weighted by Gasteiger charge is 2.21. The molecule has 0 aromatic rings. The Morgan fingerprint density at radius 3 is 2.57 bits per heavy atom. The lowest BCUT2D eigenvalue weighted by molar-refractivity contribution is -0.142. The van der Waals surface area contributed by atoms with Crippen LogP contribution in [0.3, 0.4) is 0 Å². The van der Waals surface area contributed by atoms with E-state index in [4.69, 9.17) is 14.6 Å². The van der Waals surface area contributed by atoms with E-state index in [9.17, 15) is 4.79 Å². The first-order chi connectivity index (χ1) is 6.74. The smallest absolute Gasteiger partial charge is 0.306 e. The Hall–Kier alpha value is -0.610. The van der Waals surface area contributed by atoms with Crippen LogP contribution in [0.1, 0.15) is 32.6 Å². The zero-order chi connectivity index (χ0) is 10.4. The molecule has 82 valence electrons. The number of carboxylic acid groups (broad SMARTS) is 1. The minimum atomic E-state index is -0.704. The van der Waals surface area contributed by atoms with E-state index in [1.54, 1.807) is 0 Å². The maximum Gasteiger partial charge on any atom is 0.306 e. The Balaban J connectivity index is 2.21. The summed E-state index contributed by atoms with van der Waals surface area (Å²) in [7, 11) is 0. The molecule has 1 aliphatic heterocycles. The fourth-order valence-electron chi connectivity index (χ4n) is 1.65. The molecule has 0 radical (unpaired) electrons. The van der Waals surface area contributed by atoms with E-state index in [1.807, 2.05) is 6.92 Å².